The predicted octanol–water partition coefficient (Wildman–Crippen LogP) is 16.7. The zero-order valence-corrected chi connectivity index (χ0v) is 58.5. The lowest BCUT2D eigenvalue weighted by Crippen LogP contribution is -2.57. The van der Waals surface area contributed by atoms with E-state index in [9.17, 15) is 50.3 Å². The number of carbonyl (C=O) groups is 5. The molecule has 8 aromatic rings. The van der Waals surface area contributed by atoms with Crippen molar-refractivity contribution >= 4 is 41.9 Å². The lowest BCUT2D eigenvalue weighted by molar-refractivity contribution is -0.145. The molecule has 0 aromatic heterocycles. The minimum atomic E-state index is -4.48. The molecule has 0 unspecified atom stereocenters. The third kappa shape index (κ3) is 21.3. The molecule has 0 bridgehead atoms. The number of fused-ring (bicyclic) bond motifs is 3. The van der Waals surface area contributed by atoms with E-state index in [1.54, 1.807) is 24.5 Å². The number of ether oxygens (including phenoxy) is 1. The van der Waals surface area contributed by atoms with Crippen molar-refractivity contribution in [2.45, 2.75) is 121 Å². The molecular formula is C85H90F6N6O6. The van der Waals surface area contributed by atoms with Crippen LogP contribution in [-0.4, -0.2) is 125 Å². The second-order valence-electron chi connectivity index (χ2n) is 26.5. The summed E-state index contributed by atoms with van der Waals surface area (Å²) in [7, 11) is 0. The average molecular weight is 1410 g/mol. The highest BCUT2D eigenvalue weighted by atomic mass is 19.4. The Morgan fingerprint density at radius 3 is 1.21 bits per heavy atom. The van der Waals surface area contributed by atoms with Gasteiger partial charge in [-0.25, -0.2) is 4.79 Å². The van der Waals surface area contributed by atoms with Crippen molar-refractivity contribution in [1.82, 2.24) is 29.8 Å². The molecule has 5 amide bonds. The molecule has 1 N–H and O–H groups in total. The Hall–Kier alpha value is -10.1. The van der Waals surface area contributed by atoms with Crippen LogP contribution in [0, 0.1) is 0 Å². The van der Waals surface area contributed by atoms with Crippen molar-refractivity contribution in [1.29, 1.82) is 0 Å². The first-order chi connectivity index (χ1) is 49.8. The quantitative estimate of drug-likeness (QED) is 0.0325. The second kappa shape index (κ2) is 36.7. The number of halogens is 6. The smallest absolute Gasteiger partial charge is 0.416 e. The minimum Gasteiger partial charge on any atom is -0.448 e. The van der Waals surface area contributed by atoms with Gasteiger partial charge in [-0.2, -0.15) is 26.3 Å². The molecule has 0 saturated carbocycles. The molecule has 538 valence electrons. The number of piperazine rings is 2. The summed E-state index contributed by atoms with van der Waals surface area (Å²) in [5, 5.41) is 3.27. The maximum absolute atomic E-state index is 14.7. The molecule has 2 fully saturated rings. The maximum atomic E-state index is 14.7. The van der Waals surface area contributed by atoms with Crippen molar-refractivity contribution < 1.29 is 55.1 Å². The van der Waals surface area contributed by atoms with Crippen molar-refractivity contribution in [2.24, 2.45) is 0 Å². The van der Waals surface area contributed by atoms with E-state index in [2.05, 4.69) is 67.7 Å². The first-order valence-electron chi connectivity index (χ1n) is 35.8. The Balaban J connectivity index is 0.000000234. The first-order valence-corrected chi connectivity index (χ1v) is 35.8. The van der Waals surface area contributed by atoms with Gasteiger partial charge in [0.25, 0.3) is 0 Å². The molecule has 2 saturated heterocycles. The molecule has 0 spiro atoms. The number of amides is 5. The number of aryl methyl sites for hydroxylation is 2. The summed E-state index contributed by atoms with van der Waals surface area (Å²) < 4.78 is 84.8. The summed E-state index contributed by atoms with van der Waals surface area (Å²) in [4.78, 5) is 78.7. The lowest BCUT2D eigenvalue weighted by Gasteiger charge is -2.39. The van der Waals surface area contributed by atoms with E-state index in [1.807, 2.05) is 109 Å². The molecule has 3 aliphatic rings. The molecule has 11 rings (SSSR count). The molecule has 2 atom stereocenters. The fraction of sp³-hybridized carbons (Fsp3) is 0.329. The van der Waals surface area contributed by atoms with Gasteiger partial charge in [0.05, 0.1) is 11.1 Å². The molecule has 1 aliphatic carbocycles. The van der Waals surface area contributed by atoms with Gasteiger partial charge in [-0.3, -0.25) is 19.2 Å². The van der Waals surface area contributed by atoms with Crippen LogP contribution in [0.3, 0.4) is 0 Å². The molecule has 103 heavy (non-hydrogen) atoms. The van der Waals surface area contributed by atoms with Crippen molar-refractivity contribution in [3.8, 4) is 11.1 Å². The number of nitrogens with zero attached hydrogens (tertiary/aromatic N) is 5. The summed E-state index contributed by atoms with van der Waals surface area (Å²) in [6.07, 6.45) is 5.60. The van der Waals surface area contributed by atoms with E-state index in [4.69, 9.17) is 4.74 Å². The number of carbonyl (C=O) groups excluding carboxylic acids is 5. The van der Waals surface area contributed by atoms with Gasteiger partial charge >= 0.3 is 18.4 Å². The fourth-order valence-electron chi connectivity index (χ4n) is 13.4. The van der Waals surface area contributed by atoms with Crippen molar-refractivity contribution in [3.63, 3.8) is 0 Å². The van der Waals surface area contributed by atoms with Gasteiger partial charge in [-0.15, -0.1) is 0 Å². The maximum Gasteiger partial charge on any atom is 0.416 e. The van der Waals surface area contributed by atoms with E-state index in [0.717, 1.165) is 114 Å². The van der Waals surface area contributed by atoms with Gasteiger partial charge in [-0.1, -0.05) is 222 Å². The van der Waals surface area contributed by atoms with Crippen LogP contribution in [0.5, 0.6) is 0 Å². The Morgan fingerprint density at radius 2 is 0.816 bits per heavy atom. The van der Waals surface area contributed by atoms with Gasteiger partial charge in [-0.05, 0) is 129 Å². The third-order valence-electron chi connectivity index (χ3n) is 19.2. The normalized spacial score (nSPS) is 14.5. The highest BCUT2D eigenvalue weighted by Gasteiger charge is 2.38. The summed E-state index contributed by atoms with van der Waals surface area (Å²) in [5.41, 5.74) is 9.88. The van der Waals surface area contributed by atoms with Crippen LogP contribution in [0.4, 0.5) is 31.1 Å². The molecular weight excluding hydrogens is 1310 g/mol. The van der Waals surface area contributed by atoms with Gasteiger partial charge in [0, 0.05) is 96.4 Å². The van der Waals surface area contributed by atoms with Crippen LogP contribution in [0.15, 0.2) is 218 Å². The zero-order valence-electron chi connectivity index (χ0n) is 58.5. The highest BCUT2D eigenvalue weighted by Crippen LogP contribution is 2.45. The number of benzene rings is 8. The van der Waals surface area contributed by atoms with Crippen LogP contribution >= 0.6 is 0 Å². The Kier molecular flexibility index (Phi) is 26.9. The SMILES string of the molecule is CCCCCc1ccc(CN(C(=O)/C=C/c2ccc(C(F)(F)F)cc2)[C@@H](Cc2ccccc2)C(=O)N2CCN(C(=O)OCC3c4ccccc4-c4ccccc43)CC2)cc1.CCCCCc1ccc(CN(C(=O)/C=C/c2ccc(C(F)(F)F)cc2)[C@@H](Cc2ccccc2)C(=O)N2CCNCC2)cc1. The molecule has 0 radical (unpaired) electrons. The van der Waals surface area contributed by atoms with Gasteiger partial charge in [0.2, 0.25) is 23.6 Å². The minimum absolute atomic E-state index is 0.0722. The number of hydrogen-bond acceptors (Lipinski definition) is 7. The zero-order chi connectivity index (χ0) is 72.7. The van der Waals surface area contributed by atoms with E-state index in [1.165, 1.54) is 66.1 Å². The molecule has 2 heterocycles. The first kappa shape index (κ1) is 75.6. The van der Waals surface area contributed by atoms with E-state index < -0.39 is 47.6 Å². The lowest BCUT2D eigenvalue weighted by atomic mass is 9.98. The monoisotopic (exact) mass is 1400 g/mol. The van der Waals surface area contributed by atoms with Crippen LogP contribution in [0.1, 0.15) is 125 Å². The number of hydrogen-bond donors (Lipinski definition) is 1. The number of unbranched alkanes of at least 4 members (excludes halogenated alkanes) is 4. The Bertz CT molecular complexity index is 4070. The van der Waals surface area contributed by atoms with Gasteiger partial charge in [0.1, 0.15) is 18.7 Å². The standard InChI is InChI=1S/C50H50F3N3O4.C35H40F3N3O2/c1-2-3-5-12-36-19-21-39(22-20-36)34-56(47(57)28-25-37-23-26-40(27-24-37)50(51,52)53)46(33-38-13-6-4-7-14-38)48(58)54-29-31-55(32-30-54)49(59)60-35-45-43-17-10-8-15-41(43)42-16-9-11-18-44(42)45;1-2-3-5-8-27-11-13-30(14-12-27)26-41(33(42)20-17-28-15-18-31(19-16-28)35(36,37)38)32(25-29-9-6-4-7-10-29)34(43)40-23-21-39-22-24-40/h4,6-11,13-28,45-46H,2-3,5,12,29-35H2,1H3;4,6-7,9-20,32,39H,2-3,5,8,21-26H2,1H3/b28-25+;20-17+/t46-;32-/m00/s1. The average Bonchev–Trinajstić information content (AvgIpc) is 1.63. The summed E-state index contributed by atoms with van der Waals surface area (Å²) in [5.74, 6) is -1.27. The molecule has 2 aliphatic heterocycles. The number of rotatable bonds is 26. The second-order valence-corrected chi connectivity index (χ2v) is 26.5. The summed E-state index contributed by atoms with van der Waals surface area (Å²) in [6.45, 7) is 8.41. The van der Waals surface area contributed by atoms with Gasteiger partial charge in [0.15, 0.2) is 0 Å². The number of alkyl halides is 6. The Morgan fingerprint density at radius 1 is 0.447 bits per heavy atom. The summed E-state index contributed by atoms with van der Waals surface area (Å²) >= 11 is 0. The van der Waals surface area contributed by atoms with Crippen LogP contribution in [0.25, 0.3) is 23.3 Å². The summed E-state index contributed by atoms with van der Waals surface area (Å²) in [6, 6.07) is 59.3. The van der Waals surface area contributed by atoms with Crippen molar-refractivity contribution in [3.05, 3.63) is 285 Å². The van der Waals surface area contributed by atoms with Crippen LogP contribution in [0.2, 0.25) is 0 Å². The van der Waals surface area contributed by atoms with Crippen molar-refractivity contribution in [2.75, 3.05) is 59.0 Å². The molecule has 8 aromatic carbocycles. The number of nitrogens with one attached hydrogen (secondary N) is 1. The van der Waals surface area contributed by atoms with E-state index >= 15 is 0 Å². The largest absolute Gasteiger partial charge is 0.448 e. The predicted molar refractivity (Wildman–Crippen MR) is 392 cm³/mol. The van der Waals surface area contributed by atoms with Crippen LogP contribution in [-0.2, 0) is 75.0 Å². The van der Waals surface area contributed by atoms with Crippen LogP contribution < -0.4 is 5.32 Å². The highest BCUT2D eigenvalue weighted by molar-refractivity contribution is 5.97. The fourth-order valence-corrected chi connectivity index (χ4v) is 13.4. The van der Waals surface area contributed by atoms with E-state index in [-0.39, 0.29) is 75.9 Å². The third-order valence-corrected chi connectivity index (χ3v) is 19.2. The molecule has 18 heteroatoms. The van der Waals surface area contributed by atoms with E-state index in [0.29, 0.717) is 43.7 Å². The topological polar surface area (TPSA) is 123 Å². The Labute approximate surface area is 600 Å². The molecule has 12 nitrogen and oxygen atoms in total. The van der Waals surface area contributed by atoms with Gasteiger partial charge < -0.3 is 34.6 Å².